The van der Waals surface area contributed by atoms with E-state index in [0.717, 1.165) is 28.7 Å². The van der Waals surface area contributed by atoms with Gasteiger partial charge < -0.3 is 15.6 Å². The number of aromatic carboxylic acids is 1. The zero-order valence-electron chi connectivity index (χ0n) is 13.8. The Balaban J connectivity index is 2.11. The fourth-order valence-electron chi connectivity index (χ4n) is 2.36. The van der Waals surface area contributed by atoms with Gasteiger partial charge in [-0.05, 0) is 6.92 Å². The molecule has 0 atom stereocenters. The van der Waals surface area contributed by atoms with Crippen molar-refractivity contribution in [2.24, 2.45) is 0 Å². The first-order valence-corrected chi connectivity index (χ1v) is 9.48. The zero-order valence-corrected chi connectivity index (χ0v) is 15.4. The third-order valence-electron chi connectivity index (χ3n) is 3.43. The maximum Gasteiger partial charge on any atom is 0.348 e. The summed E-state index contributed by atoms with van der Waals surface area (Å²) >= 11 is 2.13. The van der Waals surface area contributed by atoms with Crippen LogP contribution in [0, 0.1) is 0 Å². The molecule has 0 fully saturated rings. The fraction of sp³-hybridized carbons (Fsp3) is 0.176. The Morgan fingerprint density at radius 1 is 1.27 bits per heavy atom. The number of thioether (sulfide) groups is 1. The Labute approximate surface area is 157 Å². The molecule has 7 nitrogen and oxygen atoms in total. The van der Waals surface area contributed by atoms with E-state index in [1.54, 1.807) is 6.92 Å². The highest BCUT2D eigenvalue weighted by Gasteiger charge is 2.22. The minimum atomic E-state index is -1.11. The van der Waals surface area contributed by atoms with Crippen molar-refractivity contribution in [2.45, 2.75) is 12.1 Å². The first kappa shape index (κ1) is 18.2. The highest BCUT2D eigenvalue weighted by atomic mass is 32.2. The van der Waals surface area contributed by atoms with Gasteiger partial charge in [0.2, 0.25) is 0 Å². The lowest BCUT2D eigenvalue weighted by Crippen LogP contribution is -2.07. The highest BCUT2D eigenvalue weighted by molar-refractivity contribution is 7.99. The molecular weight excluding hydrogens is 374 g/mol. The quantitative estimate of drug-likeness (QED) is 0.375. The van der Waals surface area contributed by atoms with Crippen LogP contribution in [-0.2, 0) is 9.53 Å². The Hall–Kier alpha value is -2.65. The second-order valence-electron chi connectivity index (χ2n) is 5.14. The zero-order chi connectivity index (χ0) is 18.7. The van der Waals surface area contributed by atoms with Gasteiger partial charge in [0, 0.05) is 5.56 Å². The summed E-state index contributed by atoms with van der Waals surface area (Å²) < 4.78 is 4.91. The van der Waals surface area contributed by atoms with E-state index in [2.05, 4.69) is 9.97 Å². The lowest BCUT2D eigenvalue weighted by molar-refractivity contribution is -0.139. The molecule has 3 rings (SSSR count). The molecule has 2 aromatic heterocycles. The first-order valence-electron chi connectivity index (χ1n) is 7.68. The number of hydrogen-bond acceptors (Lipinski definition) is 8. The Kier molecular flexibility index (Phi) is 5.38. The summed E-state index contributed by atoms with van der Waals surface area (Å²) in [6.07, 6.45) is 0. The number of rotatable bonds is 6. The normalized spacial score (nSPS) is 10.8. The number of carboxylic acid groups (broad SMARTS) is 1. The van der Waals surface area contributed by atoms with E-state index in [-0.39, 0.29) is 22.3 Å². The number of carbonyl (C=O) groups is 2. The average molecular weight is 389 g/mol. The van der Waals surface area contributed by atoms with Gasteiger partial charge >= 0.3 is 11.9 Å². The summed E-state index contributed by atoms with van der Waals surface area (Å²) in [5.41, 5.74) is 7.55. The third kappa shape index (κ3) is 3.63. The van der Waals surface area contributed by atoms with Gasteiger partial charge in [0.05, 0.1) is 29.1 Å². The van der Waals surface area contributed by atoms with Gasteiger partial charge in [0.1, 0.15) is 9.71 Å². The van der Waals surface area contributed by atoms with E-state index >= 15 is 0 Å². The van der Waals surface area contributed by atoms with Crippen molar-refractivity contribution in [3.8, 4) is 11.3 Å². The monoisotopic (exact) mass is 389 g/mol. The number of hydrogen-bond donors (Lipinski definition) is 2. The summed E-state index contributed by atoms with van der Waals surface area (Å²) in [7, 11) is 0. The number of nitrogens with zero attached hydrogens (tertiary/aromatic N) is 2. The van der Waals surface area contributed by atoms with Crippen LogP contribution in [0.25, 0.3) is 21.5 Å². The number of ether oxygens (including phenoxy) is 1. The first-order chi connectivity index (χ1) is 12.5. The van der Waals surface area contributed by atoms with Gasteiger partial charge in [-0.25, -0.2) is 14.8 Å². The summed E-state index contributed by atoms with van der Waals surface area (Å²) in [4.78, 5) is 32.4. The van der Waals surface area contributed by atoms with E-state index < -0.39 is 5.97 Å². The van der Waals surface area contributed by atoms with Gasteiger partial charge in [-0.2, -0.15) is 0 Å². The largest absolute Gasteiger partial charge is 0.477 e. The number of esters is 1. The molecule has 26 heavy (non-hydrogen) atoms. The number of aromatic nitrogens is 2. The fourth-order valence-corrected chi connectivity index (χ4v) is 3.99. The number of carbonyl (C=O) groups excluding carboxylic acids is 1. The van der Waals surface area contributed by atoms with Crippen LogP contribution in [0.5, 0.6) is 0 Å². The van der Waals surface area contributed by atoms with Crippen molar-refractivity contribution in [3.05, 3.63) is 35.2 Å². The molecule has 0 saturated carbocycles. The molecule has 9 heteroatoms. The molecule has 1 aromatic carbocycles. The molecular formula is C17H15N3O4S2. The van der Waals surface area contributed by atoms with Crippen LogP contribution in [0.15, 0.2) is 35.5 Å². The number of fused-ring (bicyclic) bond motifs is 1. The lowest BCUT2D eigenvalue weighted by atomic mass is 10.1. The summed E-state index contributed by atoms with van der Waals surface area (Å²) in [5, 5.41) is 10.2. The number of carboxylic acids is 1. The minimum Gasteiger partial charge on any atom is -0.477 e. The van der Waals surface area contributed by atoms with Crippen LogP contribution in [0.1, 0.15) is 16.6 Å². The van der Waals surface area contributed by atoms with Crippen LogP contribution < -0.4 is 5.73 Å². The molecule has 0 bridgehead atoms. The lowest BCUT2D eigenvalue weighted by Gasteiger charge is -2.07. The maximum atomic E-state index is 11.6. The van der Waals surface area contributed by atoms with E-state index in [9.17, 15) is 14.7 Å². The standard InChI is InChI=1S/C17H15N3O4S2/c1-2-24-10(21)8-25-17-19-13(9-6-4-3-5-7-9)11-12(18)14(16(22)23)26-15(11)20-17/h3-7H,2,8,18H2,1H3,(H,22,23). The molecule has 0 aliphatic carbocycles. The Morgan fingerprint density at radius 2 is 2.00 bits per heavy atom. The molecule has 0 unspecified atom stereocenters. The molecule has 0 amide bonds. The summed E-state index contributed by atoms with van der Waals surface area (Å²) in [5.74, 6) is -1.40. The topological polar surface area (TPSA) is 115 Å². The number of nitrogen functional groups attached to an aromatic ring is 1. The average Bonchev–Trinajstić information content (AvgIpc) is 2.97. The molecule has 0 radical (unpaired) electrons. The van der Waals surface area contributed by atoms with Crippen molar-refractivity contribution < 1.29 is 19.4 Å². The van der Waals surface area contributed by atoms with Crippen LogP contribution in [-0.4, -0.2) is 39.4 Å². The molecule has 0 aliphatic heterocycles. The highest BCUT2D eigenvalue weighted by Crippen LogP contribution is 2.39. The van der Waals surface area contributed by atoms with Crippen molar-refractivity contribution in [2.75, 3.05) is 18.1 Å². The predicted molar refractivity (Wildman–Crippen MR) is 102 cm³/mol. The van der Waals surface area contributed by atoms with Crippen molar-refractivity contribution in [1.82, 2.24) is 9.97 Å². The van der Waals surface area contributed by atoms with Crippen LogP contribution in [0.2, 0.25) is 0 Å². The molecule has 3 aromatic rings. The molecule has 0 aliphatic rings. The number of thiophene rings is 1. The number of anilines is 1. The van der Waals surface area contributed by atoms with Gasteiger partial charge in [0.15, 0.2) is 5.16 Å². The third-order valence-corrected chi connectivity index (χ3v) is 5.34. The van der Waals surface area contributed by atoms with Gasteiger partial charge in [0.25, 0.3) is 0 Å². The van der Waals surface area contributed by atoms with Crippen LogP contribution in [0.4, 0.5) is 5.69 Å². The van der Waals surface area contributed by atoms with Gasteiger partial charge in [-0.1, -0.05) is 42.1 Å². The molecule has 3 N–H and O–H groups in total. The predicted octanol–water partition coefficient (Wildman–Crippen LogP) is 3.29. The summed E-state index contributed by atoms with van der Waals surface area (Å²) in [6.45, 7) is 2.04. The number of nitrogens with two attached hydrogens (primary N) is 1. The maximum absolute atomic E-state index is 11.6. The number of benzene rings is 1. The van der Waals surface area contributed by atoms with E-state index in [1.165, 1.54) is 0 Å². The minimum absolute atomic E-state index is 0.0269. The Morgan fingerprint density at radius 3 is 2.65 bits per heavy atom. The SMILES string of the molecule is CCOC(=O)CSc1nc(-c2ccccc2)c2c(N)c(C(=O)O)sc2n1. The van der Waals surface area contributed by atoms with E-state index in [1.807, 2.05) is 30.3 Å². The van der Waals surface area contributed by atoms with Crippen LogP contribution in [0.3, 0.4) is 0 Å². The van der Waals surface area contributed by atoms with E-state index in [4.69, 9.17) is 10.5 Å². The molecule has 2 heterocycles. The molecule has 0 spiro atoms. The van der Waals surface area contributed by atoms with Crippen molar-refractivity contribution in [3.63, 3.8) is 0 Å². The van der Waals surface area contributed by atoms with Crippen molar-refractivity contribution in [1.29, 1.82) is 0 Å². The molecule has 134 valence electrons. The smallest absolute Gasteiger partial charge is 0.348 e. The van der Waals surface area contributed by atoms with Gasteiger partial charge in [-0.15, -0.1) is 11.3 Å². The Bertz CT molecular complexity index is 973. The van der Waals surface area contributed by atoms with E-state index in [0.29, 0.717) is 27.7 Å². The second-order valence-corrected chi connectivity index (χ2v) is 7.09. The molecule has 0 saturated heterocycles. The summed E-state index contributed by atoms with van der Waals surface area (Å²) in [6, 6.07) is 9.31. The van der Waals surface area contributed by atoms with Gasteiger partial charge in [-0.3, -0.25) is 4.79 Å². The van der Waals surface area contributed by atoms with Crippen molar-refractivity contribution >= 4 is 50.9 Å². The second kappa shape index (κ2) is 7.71. The van der Waals surface area contributed by atoms with Crippen LogP contribution >= 0.6 is 23.1 Å².